The molecule has 1 aromatic carbocycles. The first-order valence-electron chi connectivity index (χ1n) is 11.0. The lowest BCUT2D eigenvalue weighted by Crippen LogP contribution is -2.45. The Morgan fingerprint density at radius 2 is 1.87 bits per heavy atom. The molecule has 1 saturated carbocycles. The minimum absolute atomic E-state index is 0.0809. The Balaban J connectivity index is 2.24. The summed E-state index contributed by atoms with van der Waals surface area (Å²) in [6, 6.07) is 6.85. The van der Waals surface area contributed by atoms with Crippen molar-refractivity contribution in [2.24, 2.45) is 16.7 Å². The molecule has 0 amide bonds. The highest BCUT2D eigenvalue weighted by Gasteiger charge is 2.46. The number of carboxylic acid groups (broad SMARTS) is 1. The Morgan fingerprint density at radius 1 is 1.26 bits per heavy atom. The van der Waals surface area contributed by atoms with Gasteiger partial charge >= 0.3 is 5.97 Å². The summed E-state index contributed by atoms with van der Waals surface area (Å²) < 4.78 is 29.4. The van der Waals surface area contributed by atoms with Crippen LogP contribution in [0.4, 0.5) is 5.69 Å². The summed E-state index contributed by atoms with van der Waals surface area (Å²) in [5.74, 6) is -0.270. The predicted octanol–water partition coefficient (Wildman–Crippen LogP) is 6.50. The maximum atomic E-state index is 13.3. The predicted molar refractivity (Wildman–Crippen MR) is 128 cm³/mol. The van der Waals surface area contributed by atoms with Crippen LogP contribution in [0.5, 0.6) is 0 Å². The summed E-state index contributed by atoms with van der Waals surface area (Å²) in [6.45, 7) is 8.53. The monoisotopic (exact) mass is 469 g/mol. The van der Waals surface area contributed by atoms with E-state index < -0.39 is 26.7 Å². The number of anilines is 1. The molecule has 174 valence electrons. The van der Waals surface area contributed by atoms with Crippen LogP contribution < -0.4 is 4.72 Å². The van der Waals surface area contributed by atoms with Crippen LogP contribution in [0.2, 0.25) is 5.02 Å². The van der Waals surface area contributed by atoms with Crippen LogP contribution in [0, 0.1) is 16.7 Å². The van der Waals surface area contributed by atoms with Gasteiger partial charge in [-0.15, -0.1) is 0 Å². The quantitative estimate of drug-likeness (QED) is 0.404. The van der Waals surface area contributed by atoms with E-state index in [0.29, 0.717) is 29.5 Å². The number of carbonyl (C=O) groups is 1. The molecule has 0 aromatic heterocycles. The van der Waals surface area contributed by atoms with Crippen molar-refractivity contribution in [1.82, 2.24) is 0 Å². The van der Waals surface area contributed by atoms with E-state index >= 15 is 0 Å². The fourth-order valence-corrected chi connectivity index (χ4v) is 6.48. The van der Waals surface area contributed by atoms with Gasteiger partial charge in [-0.1, -0.05) is 56.7 Å². The molecule has 1 aromatic rings. The van der Waals surface area contributed by atoms with Crippen LogP contribution in [-0.2, 0) is 14.8 Å². The van der Waals surface area contributed by atoms with Crippen LogP contribution in [0.15, 0.2) is 36.4 Å². The van der Waals surface area contributed by atoms with E-state index in [2.05, 4.69) is 25.5 Å². The highest BCUT2D eigenvalue weighted by molar-refractivity contribution is 7.93. The van der Waals surface area contributed by atoms with Crippen molar-refractivity contribution in [2.45, 2.75) is 77.9 Å². The molecule has 1 aliphatic carbocycles. The van der Waals surface area contributed by atoms with Gasteiger partial charge in [0, 0.05) is 6.42 Å². The van der Waals surface area contributed by atoms with Gasteiger partial charge in [0.05, 0.1) is 16.0 Å². The molecule has 5 nitrogen and oxygen atoms in total. The molecule has 31 heavy (non-hydrogen) atoms. The van der Waals surface area contributed by atoms with Gasteiger partial charge in [0.25, 0.3) is 0 Å². The first kappa shape index (κ1) is 25.7. The minimum Gasteiger partial charge on any atom is -0.481 e. The van der Waals surface area contributed by atoms with E-state index in [1.54, 1.807) is 31.2 Å². The Morgan fingerprint density at radius 3 is 2.42 bits per heavy atom. The number of rotatable bonds is 9. The Bertz CT molecular complexity index is 881. The first-order chi connectivity index (χ1) is 14.4. The fraction of sp³-hybridized carbons (Fsp3) is 0.625. The number of para-hydroxylation sites is 1. The van der Waals surface area contributed by atoms with Gasteiger partial charge < -0.3 is 5.11 Å². The first-order valence-corrected chi connectivity index (χ1v) is 12.9. The average molecular weight is 470 g/mol. The number of nitrogens with one attached hydrogen (secondary N) is 1. The van der Waals surface area contributed by atoms with Gasteiger partial charge in [-0.05, 0) is 74.3 Å². The summed E-state index contributed by atoms with van der Waals surface area (Å²) >= 11 is 6.18. The lowest BCUT2D eigenvalue weighted by Gasteiger charge is -2.46. The third kappa shape index (κ3) is 6.98. The highest BCUT2D eigenvalue weighted by atomic mass is 35.5. The number of aliphatic carboxylic acids is 1. The van der Waals surface area contributed by atoms with E-state index in [0.717, 1.165) is 25.7 Å². The molecule has 2 rings (SSSR count). The van der Waals surface area contributed by atoms with E-state index in [4.69, 9.17) is 16.7 Å². The number of carboxylic acids is 1. The molecular formula is C24H36ClNO4S. The maximum absolute atomic E-state index is 13.3. The van der Waals surface area contributed by atoms with Gasteiger partial charge in [0.2, 0.25) is 10.0 Å². The summed E-state index contributed by atoms with van der Waals surface area (Å²) in [7, 11) is -3.67. The third-order valence-electron chi connectivity index (χ3n) is 6.88. The van der Waals surface area contributed by atoms with Crippen LogP contribution >= 0.6 is 11.6 Å². The van der Waals surface area contributed by atoms with Gasteiger partial charge in [0.15, 0.2) is 0 Å². The molecular weight excluding hydrogens is 434 g/mol. The molecule has 0 spiro atoms. The Labute approximate surface area is 192 Å². The topological polar surface area (TPSA) is 83.5 Å². The second-order valence-corrected chi connectivity index (χ2v) is 12.3. The lowest BCUT2D eigenvalue weighted by molar-refractivity contribution is -0.136. The number of benzene rings is 1. The number of sulfonamides is 1. The van der Waals surface area contributed by atoms with Crippen molar-refractivity contribution in [1.29, 1.82) is 0 Å². The Kier molecular flexibility index (Phi) is 8.62. The summed E-state index contributed by atoms with van der Waals surface area (Å²) in [5.41, 5.74) is 0.197. The molecule has 1 unspecified atom stereocenters. The lowest BCUT2D eigenvalue weighted by atomic mass is 9.62. The number of hydrogen-bond acceptors (Lipinski definition) is 3. The zero-order valence-electron chi connectivity index (χ0n) is 19.0. The molecule has 0 bridgehead atoms. The second-order valence-electron chi connectivity index (χ2n) is 9.88. The zero-order chi connectivity index (χ0) is 23.3. The molecule has 7 heteroatoms. The molecule has 0 aliphatic heterocycles. The van der Waals surface area contributed by atoms with E-state index in [1.807, 2.05) is 12.2 Å². The van der Waals surface area contributed by atoms with Gasteiger partial charge in [-0.25, -0.2) is 8.42 Å². The van der Waals surface area contributed by atoms with E-state index in [9.17, 15) is 13.2 Å². The average Bonchev–Trinajstić information content (AvgIpc) is 2.68. The Hall–Kier alpha value is -1.53. The second kappa shape index (κ2) is 10.4. The number of allylic oxidation sites excluding steroid dienone is 2. The van der Waals surface area contributed by atoms with E-state index in [-0.39, 0.29) is 11.8 Å². The molecule has 1 aliphatic rings. The van der Waals surface area contributed by atoms with Crippen molar-refractivity contribution < 1.29 is 18.3 Å². The molecule has 1 atom stereocenters. The van der Waals surface area contributed by atoms with Gasteiger partial charge in [-0.3, -0.25) is 9.52 Å². The normalized spacial score (nSPS) is 23.6. The SMILES string of the molecule is CC(C1(C/C=C\CCC(=O)O)CCC(C(C)(C)C)CC1)S(=O)(=O)Nc1ccccc1Cl. The van der Waals surface area contributed by atoms with Crippen LogP contribution in [0.3, 0.4) is 0 Å². The third-order valence-corrected chi connectivity index (χ3v) is 9.14. The molecule has 0 heterocycles. The maximum Gasteiger partial charge on any atom is 0.303 e. The van der Waals surface area contributed by atoms with Crippen LogP contribution in [-0.4, -0.2) is 24.7 Å². The van der Waals surface area contributed by atoms with Gasteiger partial charge in [-0.2, -0.15) is 0 Å². The summed E-state index contributed by atoms with van der Waals surface area (Å²) in [6.07, 6.45) is 8.61. The van der Waals surface area contributed by atoms with Crippen molar-refractivity contribution in [3.8, 4) is 0 Å². The van der Waals surface area contributed by atoms with Crippen LogP contribution in [0.1, 0.15) is 72.6 Å². The summed E-state index contributed by atoms with van der Waals surface area (Å²) in [5, 5.41) is 8.61. The van der Waals surface area contributed by atoms with Gasteiger partial charge in [0.1, 0.15) is 0 Å². The van der Waals surface area contributed by atoms with E-state index in [1.165, 1.54) is 0 Å². The summed E-state index contributed by atoms with van der Waals surface area (Å²) in [4.78, 5) is 10.8. The zero-order valence-corrected chi connectivity index (χ0v) is 20.6. The van der Waals surface area contributed by atoms with Crippen LogP contribution in [0.25, 0.3) is 0 Å². The molecule has 0 radical (unpaired) electrons. The minimum atomic E-state index is -3.67. The smallest absolute Gasteiger partial charge is 0.303 e. The highest BCUT2D eigenvalue weighted by Crippen LogP contribution is 2.50. The molecule has 2 N–H and O–H groups in total. The fourth-order valence-electron chi connectivity index (χ4n) is 4.59. The van der Waals surface area contributed by atoms with Crippen molar-refractivity contribution >= 4 is 33.3 Å². The largest absolute Gasteiger partial charge is 0.481 e. The number of halogens is 1. The van der Waals surface area contributed by atoms with Crippen molar-refractivity contribution in [3.63, 3.8) is 0 Å². The van der Waals surface area contributed by atoms with Crippen molar-refractivity contribution in [3.05, 3.63) is 41.4 Å². The standard InChI is InChI=1S/C24H36ClNO4S/c1-18(31(29,30)26-21-11-8-7-10-20(21)25)24(15-9-5-6-12-22(27)28)16-13-19(14-17-24)23(2,3)4/h5,7-11,18-19,26H,6,12-17H2,1-4H3,(H,27,28)/b9-5-. The molecule has 1 fully saturated rings. The van der Waals surface area contributed by atoms with Crippen molar-refractivity contribution in [2.75, 3.05) is 4.72 Å². The molecule has 0 saturated heterocycles. The number of hydrogen-bond donors (Lipinski definition) is 2.